The quantitative estimate of drug-likeness (QED) is 0.822. The second kappa shape index (κ2) is 5.90. The molecule has 1 aliphatic carbocycles. The molecule has 1 saturated carbocycles. The maximum Gasteiger partial charge on any atom is 0.119 e. The van der Waals surface area contributed by atoms with Gasteiger partial charge in [0.05, 0.1) is 0 Å². The van der Waals surface area contributed by atoms with Gasteiger partial charge in [0, 0.05) is 6.04 Å². The molecule has 16 heavy (non-hydrogen) atoms. The molecule has 2 heteroatoms. The second-order valence-corrected chi connectivity index (χ2v) is 4.52. The van der Waals surface area contributed by atoms with Gasteiger partial charge in [-0.05, 0) is 44.4 Å². The third-order valence-corrected chi connectivity index (χ3v) is 3.11. The Morgan fingerprint density at radius 3 is 2.81 bits per heavy atom. The van der Waals surface area contributed by atoms with Crippen LogP contribution in [0.3, 0.4) is 0 Å². The van der Waals surface area contributed by atoms with Crippen molar-refractivity contribution in [1.29, 1.82) is 0 Å². The fraction of sp³-hybridized carbons (Fsp3) is 0.571. The number of hydrogen-bond donors (Lipinski definition) is 1. The van der Waals surface area contributed by atoms with Gasteiger partial charge in [-0.2, -0.15) is 0 Å². The minimum atomic E-state index is 0.400. The third kappa shape index (κ3) is 3.24. The maximum absolute atomic E-state index is 5.95. The number of hydrogen-bond acceptors (Lipinski definition) is 2. The zero-order chi connectivity index (χ0) is 11.2. The second-order valence-electron chi connectivity index (χ2n) is 4.52. The minimum absolute atomic E-state index is 0.400. The van der Waals surface area contributed by atoms with Crippen LogP contribution in [0.5, 0.6) is 5.75 Å². The molecule has 1 aromatic carbocycles. The summed E-state index contributed by atoms with van der Waals surface area (Å²) in [6.45, 7) is 3.34. The normalized spacial score (nSPS) is 24.6. The van der Waals surface area contributed by atoms with Crippen LogP contribution >= 0.6 is 0 Å². The van der Waals surface area contributed by atoms with Crippen LogP contribution < -0.4 is 10.1 Å². The molecule has 0 heterocycles. The number of ether oxygens (including phenoxy) is 1. The Labute approximate surface area is 98.0 Å². The lowest BCUT2D eigenvalue weighted by Gasteiger charge is -2.14. The van der Waals surface area contributed by atoms with Crippen LogP contribution in [-0.2, 0) is 0 Å². The van der Waals surface area contributed by atoms with Gasteiger partial charge in [-0.1, -0.05) is 25.1 Å². The first-order chi connectivity index (χ1) is 7.88. The first-order valence-electron chi connectivity index (χ1n) is 6.33. The van der Waals surface area contributed by atoms with E-state index in [2.05, 4.69) is 12.2 Å². The Morgan fingerprint density at radius 2 is 2.06 bits per heavy atom. The monoisotopic (exact) mass is 219 g/mol. The largest absolute Gasteiger partial charge is 0.490 e. The highest BCUT2D eigenvalue weighted by molar-refractivity contribution is 5.21. The molecule has 0 saturated heterocycles. The summed E-state index contributed by atoms with van der Waals surface area (Å²) in [4.78, 5) is 0. The molecule has 0 radical (unpaired) electrons. The maximum atomic E-state index is 5.95. The highest BCUT2D eigenvalue weighted by Gasteiger charge is 2.25. The number of rotatable bonds is 5. The van der Waals surface area contributed by atoms with Crippen molar-refractivity contribution in [2.24, 2.45) is 0 Å². The highest BCUT2D eigenvalue weighted by Crippen LogP contribution is 2.24. The number of para-hydroxylation sites is 1. The van der Waals surface area contributed by atoms with Crippen LogP contribution in [0.4, 0.5) is 0 Å². The summed E-state index contributed by atoms with van der Waals surface area (Å²) in [5.41, 5.74) is 0. The lowest BCUT2D eigenvalue weighted by molar-refractivity contribution is 0.206. The Morgan fingerprint density at radius 1 is 1.25 bits per heavy atom. The summed E-state index contributed by atoms with van der Waals surface area (Å²) in [5, 5.41) is 3.57. The van der Waals surface area contributed by atoms with Gasteiger partial charge >= 0.3 is 0 Å². The van der Waals surface area contributed by atoms with Crippen LogP contribution in [0.25, 0.3) is 0 Å². The zero-order valence-electron chi connectivity index (χ0n) is 9.99. The molecule has 1 fully saturated rings. The van der Waals surface area contributed by atoms with E-state index < -0.39 is 0 Å². The molecule has 2 nitrogen and oxygen atoms in total. The topological polar surface area (TPSA) is 21.3 Å². The van der Waals surface area contributed by atoms with Crippen molar-refractivity contribution in [2.45, 2.75) is 44.8 Å². The molecule has 2 unspecified atom stereocenters. The van der Waals surface area contributed by atoms with Crippen molar-refractivity contribution >= 4 is 0 Å². The van der Waals surface area contributed by atoms with Crippen LogP contribution in [0.1, 0.15) is 32.6 Å². The van der Waals surface area contributed by atoms with Crippen LogP contribution in [0.15, 0.2) is 30.3 Å². The summed E-state index contributed by atoms with van der Waals surface area (Å²) < 4.78 is 5.95. The lowest BCUT2D eigenvalue weighted by atomic mass is 10.2. The molecule has 1 aliphatic rings. The molecule has 2 rings (SSSR count). The van der Waals surface area contributed by atoms with Gasteiger partial charge in [0.2, 0.25) is 0 Å². The number of nitrogens with one attached hydrogen (secondary N) is 1. The van der Waals surface area contributed by atoms with E-state index in [1.807, 2.05) is 30.3 Å². The molecule has 0 bridgehead atoms. The molecular weight excluding hydrogens is 198 g/mol. The van der Waals surface area contributed by atoms with Gasteiger partial charge in [0.25, 0.3) is 0 Å². The summed E-state index contributed by atoms with van der Waals surface area (Å²) in [6, 6.07) is 10.8. The fourth-order valence-electron chi connectivity index (χ4n) is 2.27. The molecule has 0 spiro atoms. The van der Waals surface area contributed by atoms with E-state index in [0.717, 1.165) is 18.7 Å². The van der Waals surface area contributed by atoms with E-state index in [-0.39, 0.29) is 0 Å². The third-order valence-electron chi connectivity index (χ3n) is 3.11. The zero-order valence-corrected chi connectivity index (χ0v) is 9.99. The Hall–Kier alpha value is -1.02. The molecule has 1 N–H and O–H groups in total. The summed E-state index contributed by atoms with van der Waals surface area (Å²) in [7, 11) is 0. The first kappa shape index (κ1) is 11.5. The van der Waals surface area contributed by atoms with Crippen molar-refractivity contribution in [3.63, 3.8) is 0 Å². The van der Waals surface area contributed by atoms with Crippen LogP contribution in [0, 0.1) is 0 Å². The molecule has 0 amide bonds. The van der Waals surface area contributed by atoms with Gasteiger partial charge in [-0.25, -0.2) is 0 Å². The van der Waals surface area contributed by atoms with Gasteiger partial charge in [0.15, 0.2) is 0 Å². The van der Waals surface area contributed by atoms with Gasteiger partial charge in [0.1, 0.15) is 11.9 Å². The molecule has 88 valence electrons. The van der Waals surface area contributed by atoms with Gasteiger partial charge < -0.3 is 10.1 Å². The average Bonchev–Trinajstić information content (AvgIpc) is 2.75. The first-order valence-corrected chi connectivity index (χ1v) is 6.33. The average molecular weight is 219 g/mol. The molecule has 1 aromatic rings. The van der Waals surface area contributed by atoms with E-state index in [0.29, 0.717) is 12.1 Å². The standard InChI is InChI=1S/C14H21NO/c1-2-10-15-12-8-9-14(11-12)16-13-6-4-3-5-7-13/h3-7,12,14-15H,2,8-11H2,1H3. The minimum Gasteiger partial charge on any atom is -0.490 e. The predicted molar refractivity (Wildman–Crippen MR) is 66.8 cm³/mol. The van der Waals surface area contributed by atoms with E-state index in [1.165, 1.54) is 19.3 Å². The summed E-state index contributed by atoms with van der Waals surface area (Å²) in [6.07, 6.45) is 5.18. The van der Waals surface area contributed by atoms with E-state index in [1.54, 1.807) is 0 Å². The predicted octanol–water partition coefficient (Wildman–Crippen LogP) is 2.99. The molecular formula is C14H21NO. The summed E-state index contributed by atoms with van der Waals surface area (Å²) >= 11 is 0. The van der Waals surface area contributed by atoms with Crippen molar-refractivity contribution in [3.8, 4) is 5.75 Å². The van der Waals surface area contributed by atoms with E-state index in [9.17, 15) is 0 Å². The van der Waals surface area contributed by atoms with Crippen LogP contribution in [0.2, 0.25) is 0 Å². The van der Waals surface area contributed by atoms with Crippen molar-refractivity contribution in [2.75, 3.05) is 6.54 Å². The van der Waals surface area contributed by atoms with Crippen molar-refractivity contribution in [1.82, 2.24) is 5.32 Å². The Bertz CT molecular complexity index is 299. The molecule has 0 aliphatic heterocycles. The van der Waals surface area contributed by atoms with E-state index in [4.69, 9.17) is 4.74 Å². The number of benzene rings is 1. The SMILES string of the molecule is CCCNC1CCC(Oc2ccccc2)C1. The van der Waals surface area contributed by atoms with E-state index >= 15 is 0 Å². The summed E-state index contributed by atoms with van der Waals surface area (Å²) in [5.74, 6) is 1.00. The Balaban J connectivity index is 1.76. The molecule has 2 atom stereocenters. The smallest absolute Gasteiger partial charge is 0.119 e. The fourth-order valence-corrected chi connectivity index (χ4v) is 2.27. The van der Waals surface area contributed by atoms with Crippen LogP contribution in [-0.4, -0.2) is 18.7 Å². The lowest BCUT2D eigenvalue weighted by Crippen LogP contribution is -2.28. The van der Waals surface area contributed by atoms with Gasteiger partial charge in [-0.15, -0.1) is 0 Å². The van der Waals surface area contributed by atoms with Crippen molar-refractivity contribution in [3.05, 3.63) is 30.3 Å². The highest BCUT2D eigenvalue weighted by atomic mass is 16.5. The van der Waals surface area contributed by atoms with Gasteiger partial charge in [-0.3, -0.25) is 0 Å². The van der Waals surface area contributed by atoms with Crippen molar-refractivity contribution < 1.29 is 4.74 Å². The Kier molecular flexibility index (Phi) is 4.23. The molecule has 0 aromatic heterocycles.